The van der Waals surface area contributed by atoms with Gasteiger partial charge in [-0.2, -0.15) is 0 Å². The number of furan rings is 1. The quantitative estimate of drug-likeness (QED) is 0.648. The number of hydrogen-bond donors (Lipinski definition) is 1. The molecule has 3 amide bonds. The van der Waals surface area contributed by atoms with E-state index < -0.39 is 0 Å². The zero-order chi connectivity index (χ0) is 24.4. The molecule has 1 aromatic heterocycles. The monoisotopic (exact) mass is 481 g/mol. The number of piperazine rings is 1. The van der Waals surface area contributed by atoms with Crippen molar-refractivity contribution >= 4 is 23.4 Å². The van der Waals surface area contributed by atoms with Crippen LogP contribution in [-0.2, 0) is 14.3 Å². The summed E-state index contributed by atoms with van der Waals surface area (Å²) in [5.41, 5.74) is 4.12. The lowest BCUT2D eigenvalue weighted by Crippen LogP contribution is -2.60. The standard InChI is InChI=1S/C25H31N5O5/c1-34-15-13-27-16-19(22-20(17-27)24(32)30(26-22)18-6-3-2-4-7-18)23(31)28-9-11-29(12-10-28)25(33)21-8-5-14-35-21/h2-8,14,19-20,22,26H,9-13,15-17H2,1H3. The lowest BCUT2D eigenvalue weighted by Gasteiger charge is -2.42. The first-order valence-electron chi connectivity index (χ1n) is 12.0. The normalized spacial score (nSPS) is 25.1. The van der Waals surface area contributed by atoms with E-state index in [2.05, 4.69) is 10.3 Å². The fraction of sp³-hybridized carbons (Fsp3) is 0.480. The maximum absolute atomic E-state index is 13.7. The minimum absolute atomic E-state index is 0.0161. The zero-order valence-corrected chi connectivity index (χ0v) is 19.8. The van der Waals surface area contributed by atoms with Crippen LogP contribution >= 0.6 is 0 Å². The summed E-state index contributed by atoms with van der Waals surface area (Å²) in [5.74, 6) is -0.555. The second-order valence-corrected chi connectivity index (χ2v) is 9.22. The Balaban J connectivity index is 1.30. The summed E-state index contributed by atoms with van der Waals surface area (Å²) in [4.78, 5) is 45.4. The molecule has 35 heavy (non-hydrogen) atoms. The molecule has 10 heteroatoms. The third-order valence-electron chi connectivity index (χ3n) is 7.15. The Morgan fingerprint density at radius 3 is 2.46 bits per heavy atom. The number of nitrogens with zero attached hydrogens (tertiary/aromatic N) is 4. The summed E-state index contributed by atoms with van der Waals surface area (Å²) in [5, 5.41) is 1.59. The highest BCUT2D eigenvalue weighted by Crippen LogP contribution is 2.33. The van der Waals surface area contributed by atoms with Crippen molar-refractivity contribution in [2.45, 2.75) is 6.04 Å². The number of hydrogen-bond acceptors (Lipinski definition) is 7. The third kappa shape index (κ3) is 4.69. The van der Waals surface area contributed by atoms with Gasteiger partial charge in [-0.1, -0.05) is 18.2 Å². The summed E-state index contributed by atoms with van der Waals surface area (Å²) in [6.45, 7) is 4.13. The summed E-state index contributed by atoms with van der Waals surface area (Å²) >= 11 is 0. The lowest BCUT2D eigenvalue weighted by molar-refractivity contribution is -0.141. The number of nitrogens with one attached hydrogen (secondary N) is 1. The summed E-state index contributed by atoms with van der Waals surface area (Å²) in [6.07, 6.45) is 1.48. The van der Waals surface area contributed by atoms with Crippen LogP contribution in [0.1, 0.15) is 10.6 Å². The van der Waals surface area contributed by atoms with Crippen molar-refractivity contribution in [3.8, 4) is 0 Å². The number of likely N-dealkylation sites (tertiary alicyclic amines) is 1. The molecule has 0 saturated carbocycles. The van der Waals surface area contributed by atoms with E-state index in [1.54, 1.807) is 29.2 Å². The number of benzene rings is 1. The summed E-state index contributed by atoms with van der Waals surface area (Å²) in [7, 11) is 1.65. The number of carbonyl (C=O) groups is 3. The molecule has 3 unspecified atom stereocenters. The van der Waals surface area contributed by atoms with E-state index in [0.717, 1.165) is 5.69 Å². The van der Waals surface area contributed by atoms with Crippen molar-refractivity contribution in [3.05, 3.63) is 54.5 Å². The fourth-order valence-corrected chi connectivity index (χ4v) is 5.26. The minimum atomic E-state index is -0.379. The number of methoxy groups -OCH3 is 1. The van der Waals surface area contributed by atoms with Gasteiger partial charge in [-0.3, -0.25) is 19.3 Å². The van der Waals surface area contributed by atoms with E-state index in [1.165, 1.54) is 6.26 Å². The van der Waals surface area contributed by atoms with Crippen molar-refractivity contribution in [1.82, 2.24) is 20.1 Å². The van der Waals surface area contributed by atoms with E-state index in [1.807, 2.05) is 35.2 Å². The van der Waals surface area contributed by atoms with Gasteiger partial charge in [0.2, 0.25) is 11.8 Å². The van der Waals surface area contributed by atoms with Gasteiger partial charge < -0.3 is 19.0 Å². The maximum Gasteiger partial charge on any atom is 0.289 e. The second kappa shape index (κ2) is 10.2. The maximum atomic E-state index is 13.7. The molecule has 3 atom stereocenters. The van der Waals surface area contributed by atoms with Crippen LogP contribution in [0, 0.1) is 11.8 Å². The van der Waals surface area contributed by atoms with Gasteiger partial charge in [-0.15, -0.1) is 0 Å². The number of amides is 3. The molecule has 3 fully saturated rings. The van der Waals surface area contributed by atoms with E-state index in [-0.39, 0.29) is 35.6 Å². The van der Waals surface area contributed by atoms with Crippen LogP contribution in [0.15, 0.2) is 53.1 Å². The van der Waals surface area contributed by atoms with Gasteiger partial charge >= 0.3 is 0 Å². The first-order chi connectivity index (χ1) is 17.1. The van der Waals surface area contributed by atoms with Crippen molar-refractivity contribution in [2.75, 3.05) is 64.5 Å². The van der Waals surface area contributed by atoms with Crippen LogP contribution in [0.5, 0.6) is 0 Å². The molecule has 2 aromatic rings. The highest BCUT2D eigenvalue weighted by molar-refractivity contribution is 5.98. The van der Waals surface area contributed by atoms with Gasteiger partial charge in [-0.05, 0) is 24.3 Å². The number of rotatable bonds is 6. The number of para-hydroxylation sites is 1. The Hall–Kier alpha value is -3.21. The molecule has 186 valence electrons. The molecule has 1 aromatic carbocycles. The molecular weight excluding hydrogens is 450 g/mol. The van der Waals surface area contributed by atoms with Gasteiger partial charge in [0.15, 0.2) is 5.76 Å². The Morgan fingerprint density at radius 1 is 1.03 bits per heavy atom. The van der Waals surface area contributed by atoms with Crippen molar-refractivity contribution in [3.63, 3.8) is 0 Å². The molecule has 0 radical (unpaired) electrons. The lowest BCUT2D eigenvalue weighted by atomic mass is 9.83. The van der Waals surface area contributed by atoms with Crippen LogP contribution in [0.3, 0.4) is 0 Å². The number of fused-ring (bicyclic) bond motifs is 1. The van der Waals surface area contributed by atoms with Crippen LogP contribution in [-0.4, -0.2) is 98.0 Å². The molecule has 3 aliphatic heterocycles. The minimum Gasteiger partial charge on any atom is -0.459 e. The first kappa shape index (κ1) is 23.5. The van der Waals surface area contributed by atoms with E-state index in [9.17, 15) is 14.4 Å². The smallest absolute Gasteiger partial charge is 0.289 e. The Bertz CT molecular complexity index is 1040. The van der Waals surface area contributed by atoms with Gasteiger partial charge in [-0.25, -0.2) is 10.4 Å². The Labute approximate surface area is 204 Å². The van der Waals surface area contributed by atoms with Gasteiger partial charge in [0, 0.05) is 52.9 Å². The molecule has 0 bridgehead atoms. The number of anilines is 1. The summed E-state index contributed by atoms with van der Waals surface area (Å²) < 4.78 is 10.5. The number of ether oxygens (including phenoxy) is 1. The van der Waals surface area contributed by atoms with E-state index >= 15 is 0 Å². The average Bonchev–Trinajstić information content (AvgIpc) is 3.56. The van der Waals surface area contributed by atoms with E-state index in [4.69, 9.17) is 9.15 Å². The van der Waals surface area contributed by atoms with Crippen molar-refractivity contribution in [2.24, 2.45) is 11.8 Å². The number of hydrazine groups is 1. The average molecular weight is 482 g/mol. The SMILES string of the molecule is COCCN1CC(C(=O)N2CCN(C(=O)c3ccco3)CC2)C2NN(c3ccccc3)C(=O)C2C1. The highest BCUT2D eigenvalue weighted by atomic mass is 16.5. The molecule has 5 rings (SSSR count). The fourth-order valence-electron chi connectivity index (χ4n) is 5.26. The number of piperidine rings is 1. The highest BCUT2D eigenvalue weighted by Gasteiger charge is 2.51. The summed E-state index contributed by atoms with van der Waals surface area (Å²) in [6, 6.07) is 12.5. The predicted molar refractivity (Wildman–Crippen MR) is 127 cm³/mol. The van der Waals surface area contributed by atoms with Crippen LogP contribution in [0.4, 0.5) is 5.69 Å². The van der Waals surface area contributed by atoms with E-state index in [0.29, 0.717) is 58.2 Å². The Morgan fingerprint density at radius 2 is 1.77 bits per heavy atom. The first-order valence-corrected chi connectivity index (χ1v) is 12.0. The Kier molecular flexibility index (Phi) is 6.85. The molecule has 10 nitrogen and oxygen atoms in total. The molecular formula is C25H31N5O5. The molecule has 0 spiro atoms. The number of carbonyl (C=O) groups excluding carboxylic acids is 3. The predicted octanol–water partition coefficient (Wildman–Crippen LogP) is 0.678. The molecule has 1 N–H and O–H groups in total. The van der Waals surface area contributed by atoms with Crippen molar-refractivity contribution in [1.29, 1.82) is 0 Å². The van der Waals surface area contributed by atoms with Gasteiger partial charge in [0.1, 0.15) is 0 Å². The molecule has 0 aliphatic carbocycles. The molecule has 3 aliphatic rings. The van der Waals surface area contributed by atoms with Crippen molar-refractivity contribution < 1.29 is 23.5 Å². The zero-order valence-electron chi connectivity index (χ0n) is 19.8. The van der Waals surface area contributed by atoms with Crippen LogP contribution in [0.25, 0.3) is 0 Å². The topological polar surface area (TPSA) is 98.6 Å². The van der Waals surface area contributed by atoms with Gasteiger partial charge in [0.05, 0.1) is 36.4 Å². The van der Waals surface area contributed by atoms with Crippen LogP contribution in [0.2, 0.25) is 0 Å². The largest absolute Gasteiger partial charge is 0.459 e. The third-order valence-corrected chi connectivity index (χ3v) is 7.15. The van der Waals surface area contributed by atoms with Crippen LogP contribution < -0.4 is 10.4 Å². The van der Waals surface area contributed by atoms with Gasteiger partial charge in [0.25, 0.3) is 5.91 Å². The second-order valence-electron chi connectivity index (χ2n) is 9.22. The molecule has 3 saturated heterocycles. The molecule has 4 heterocycles.